The van der Waals surface area contributed by atoms with Gasteiger partial charge in [-0.15, -0.1) is 10.1 Å². The number of likely N-dealkylation sites (N-methyl/N-ethyl adjacent to an activating group) is 6. The highest BCUT2D eigenvalue weighted by atomic mass is 17.2. The van der Waals surface area contributed by atoms with Crippen molar-refractivity contribution >= 4 is 58.9 Å². The Hall–Kier alpha value is -5.52. The predicted octanol–water partition coefficient (Wildman–Crippen LogP) is 4.90. The molecule has 0 radical (unpaired) electrons. The number of hydrogen-bond donors (Lipinski definition) is 6. The molecule has 0 fully saturated rings. The molecular weight excluding hydrogens is 1090 g/mol. The van der Waals surface area contributed by atoms with Crippen LogP contribution in [0.3, 0.4) is 0 Å². The zero-order valence-corrected chi connectivity index (χ0v) is 56.3. The third kappa shape index (κ3) is 25.4. The van der Waals surface area contributed by atoms with Crippen LogP contribution in [-0.4, -0.2) is 208 Å². The highest BCUT2D eigenvalue weighted by molar-refractivity contribution is 5.98. The smallest absolute Gasteiger partial charge is 0.245 e. The van der Waals surface area contributed by atoms with Crippen molar-refractivity contribution in [3.05, 3.63) is 12.2 Å². The molecule has 9 amide bonds. The number of allylic oxidation sites excluding steroid dienone is 2. The summed E-state index contributed by atoms with van der Waals surface area (Å²) in [7, 11) is 8.59. The van der Waals surface area contributed by atoms with E-state index in [0.717, 1.165) is 9.96 Å². The minimum Gasteiger partial charge on any atom is -0.391 e. The minimum atomic E-state index is -1.41. The molecule has 0 bridgehead atoms. The first-order chi connectivity index (χ1) is 39.2. The lowest BCUT2D eigenvalue weighted by Gasteiger charge is -2.37. The van der Waals surface area contributed by atoms with Gasteiger partial charge >= 0.3 is 0 Å². The Morgan fingerprint density at radius 3 is 1.39 bits per heavy atom. The average Bonchev–Trinajstić information content (AvgIpc) is 3.63. The summed E-state index contributed by atoms with van der Waals surface area (Å²) in [4.78, 5) is 151. The number of amides is 9. The first-order valence-corrected chi connectivity index (χ1v) is 30.6. The van der Waals surface area contributed by atoms with E-state index in [2.05, 4.69) is 26.3 Å². The quantitative estimate of drug-likeness (QED) is 0.0273. The van der Waals surface area contributed by atoms with Gasteiger partial charge in [0.15, 0.2) is 5.78 Å². The molecule has 0 saturated heterocycles. The van der Waals surface area contributed by atoms with E-state index >= 15 is 0 Å². The van der Waals surface area contributed by atoms with Gasteiger partial charge in [0.2, 0.25) is 53.2 Å². The summed E-state index contributed by atoms with van der Waals surface area (Å²) in [6.07, 6.45) is 4.56. The summed E-state index contributed by atoms with van der Waals surface area (Å²) < 4.78 is 0. The van der Waals surface area contributed by atoms with E-state index in [1.165, 1.54) is 68.7 Å². The molecule has 0 aliphatic carbocycles. The number of hydroxylamine groups is 2. The average molecular weight is 1210 g/mol. The van der Waals surface area contributed by atoms with E-state index in [0.29, 0.717) is 25.7 Å². The second-order valence-electron chi connectivity index (χ2n) is 26.1. The maximum absolute atomic E-state index is 14.6. The molecule has 23 nitrogen and oxygen atoms in total. The number of nitrogens with one attached hydrogen (secondary N) is 4. The molecule has 0 aromatic carbocycles. The van der Waals surface area contributed by atoms with Crippen LogP contribution in [0.25, 0.3) is 0 Å². The number of carbonyl (C=O) groups excluding carboxylic acids is 10. The van der Waals surface area contributed by atoms with Crippen LogP contribution in [0.2, 0.25) is 0 Å². The molecule has 0 aromatic heterocycles. The molecule has 0 aromatic rings. The number of hydrogen-bond acceptors (Lipinski definition) is 14. The summed E-state index contributed by atoms with van der Waals surface area (Å²) in [6.45, 7) is 32.3. The number of ketones is 1. The maximum Gasteiger partial charge on any atom is 0.245 e. The fourth-order valence-electron chi connectivity index (χ4n) is 10.3. The van der Waals surface area contributed by atoms with Gasteiger partial charge in [0.25, 0.3) is 0 Å². The van der Waals surface area contributed by atoms with Crippen LogP contribution in [0.1, 0.15) is 170 Å². The SMILES string of the molecule is C/C=C/C[C@@H](C)[C@@H](O)[C@@H](C(=O)N[C@@H](CC)C(=O)N(C)CC(=O)N(C)[C@@H](CC(C)C)C(=O)N[C@H](C(=O)N(C)[C@@H](CC(C)C)C(=O)N[C@@H](C)C(=O)N[C@H](C)C(=O)N(C)[C@@H](CC(C)C)C(=O)N(C)[C@@H](CC(C)C)C(=O)C(C)CC(C)C)C(C)C)N(C)OO. The lowest BCUT2D eigenvalue weighted by atomic mass is 9.87. The molecule has 1 unspecified atom stereocenters. The summed E-state index contributed by atoms with van der Waals surface area (Å²) in [5.74, 6) is -6.79. The third-order valence-electron chi connectivity index (χ3n) is 15.5. The molecule has 0 saturated carbocycles. The van der Waals surface area contributed by atoms with Crippen LogP contribution >= 0.6 is 0 Å². The Kier molecular flexibility index (Phi) is 35.4. The summed E-state index contributed by atoms with van der Waals surface area (Å²) >= 11 is 0. The number of aliphatic hydroxyl groups is 1. The van der Waals surface area contributed by atoms with Gasteiger partial charge in [-0.25, -0.2) is 5.26 Å². The minimum absolute atomic E-state index is 0.0153. The van der Waals surface area contributed by atoms with Crippen LogP contribution in [0.5, 0.6) is 0 Å². The number of aliphatic hydroxyl groups excluding tert-OH is 1. The van der Waals surface area contributed by atoms with Crippen molar-refractivity contribution < 1.29 is 63.3 Å². The van der Waals surface area contributed by atoms with Crippen LogP contribution in [-0.2, 0) is 52.9 Å². The van der Waals surface area contributed by atoms with Crippen molar-refractivity contribution in [3.8, 4) is 0 Å². The van der Waals surface area contributed by atoms with Crippen molar-refractivity contribution in [3.63, 3.8) is 0 Å². The zero-order chi connectivity index (χ0) is 66.2. The third-order valence-corrected chi connectivity index (χ3v) is 15.5. The van der Waals surface area contributed by atoms with Crippen molar-refractivity contribution in [2.24, 2.45) is 47.3 Å². The first-order valence-electron chi connectivity index (χ1n) is 30.6. The molecular formula is C62H114N10O13. The molecule has 12 atom stereocenters. The monoisotopic (exact) mass is 1210 g/mol. The summed E-state index contributed by atoms with van der Waals surface area (Å²) in [6, 6.07) is -9.97. The summed E-state index contributed by atoms with van der Waals surface area (Å²) in [5.41, 5.74) is 0. The van der Waals surface area contributed by atoms with Gasteiger partial charge in [-0.3, -0.25) is 47.9 Å². The molecule has 0 aliphatic rings. The van der Waals surface area contributed by atoms with E-state index < -0.39 is 126 Å². The van der Waals surface area contributed by atoms with Crippen LogP contribution in [0.15, 0.2) is 12.2 Å². The molecule has 490 valence electrons. The second-order valence-corrected chi connectivity index (χ2v) is 26.1. The van der Waals surface area contributed by atoms with Gasteiger partial charge in [-0.1, -0.05) is 116 Å². The topological polar surface area (TPSA) is 288 Å². The standard InChI is InChI=1S/C62H114N10O13/c1-25-27-28-41(15)54(75)52(72(24)85-84)58(79)65-45(26-2)60(81)67(19)34-50(73)68(20)47(31-37(7)8)57(78)66-51(40(13)14)62(83)70(22)48(32-38(9)10)56(77)63-43(17)55(76)64-44(18)59(80)71(23)49(33-39(11)12)61(82)69(21)46(30-36(5)6)53(74)42(16)29-35(3)4/h25,27,35-49,51-52,54,75,84H,26,28-34H2,1-24H3,(H,63,77)(H,64,76)(H,65,79)(H,66,78)/b27-25+/t41-,42?,43+,44-,45+,46+,47+,48+,49+,51+,52+,54-/m1/s1. The second kappa shape index (κ2) is 37.9. The van der Waals surface area contributed by atoms with Gasteiger partial charge in [-0.05, 0) is 107 Å². The Morgan fingerprint density at radius 2 is 0.929 bits per heavy atom. The van der Waals surface area contributed by atoms with Gasteiger partial charge < -0.3 is 50.9 Å². The Balaban J connectivity index is 6.48. The highest BCUT2D eigenvalue weighted by Gasteiger charge is 2.42. The van der Waals surface area contributed by atoms with Crippen molar-refractivity contribution in [1.29, 1.82) is 0 Å². The van der Waals surface area contributed by atoms with Crippen LogP contribution < -0.4 is 21.3 Å². The van der Waals surface area contributed by atoms with E-state index in [1.807, 2.05) is 89.2 Å². The maximum atomic E-state index is 14.6. The van der Waals surface area contributed by atoms with Gasteiger partial charge in [0, 0.05) is 48.2 Å². The van der Waals surface area contributed by atoms with E-state index in [-0.39, 0.29) is 66.5 Å². The van der Waals surface area contributed by atoms with E-state index in [1.54, 1.807) is 40.8 Å². The largest absolute Gasteiger partial charge is 0.391 e. The molecule has 85 heavy (non-hydrogen) atoms. The van der Waals surface area contributed by atoms with Gasteiger partial charge in [0.1, 0.15) is 48.3 Å². The number of Topliss-reactive ketones (excluding diaryl/α,β-unsaturated/α-hetero) is 1. The normalized spacial score (nSPS) is 16.2. The van der Waals surface area contributed by atoms with Crippen LogP contribution in [0, 0.1) is 47.3 Å². The number of nitrogens with zero attached hydrogens (tertiary/aromatic N) is 6. The molecule has 23 heteroatoms. The number of rotatable bonds is 38. The van der Waals surface area contributed by atoms with E-state index in [4.69, 9.17) is 0 Å². The lowest BCUT2D eigenvalue weighted by Crippen LogP contribution is -2.61. The van der Waals surface area contributed by atoms with Crippen molar-refractivity contribution in [2.45, 2.75) is 230 Å². The first kappa shape index (κ1) is 79.5. The van der Waals surface area contributed by atoms with Gasteiger partial charge in [0.05, 0.1) is 18.7 Å². The van der Waals surface area contributed by atoms with Crippen molar-refractivity contribution in [2.75, 3.05) is 48.8 Å². The fraction of sp³-hybridized carbons (Fsp3) is 0.806. The Labute approximate surface area is 509 Å². The molecule has 6 N–H and O–H groups in total. The van der Waals surface area contributed by atoms with Crippen molar-refractivity contribution in [1.82, 2.24) is 50.8 Å². The fourth-order valence-corrected chi connectivity index (χ4v) is 10.3. The lowest BCUT2D eigenvalue weighted by molar-refractivity contribution is -0.401. The molecule has 0 spiro atoms. The zero-order valence-electron chi connectivity index (χ0n) is 56.3. The molecule has 0 aliphatic heterocycles. The van der Waals surface area contributed by atoms with Crippen LogP contribution in [0.4, 0.5) is 0 Å². The van der Waals surface area contributed by atoms with E-state index in [9.17, 15) is 58.3 Å². The highest BCUT2D eigenvalue weighted by Crippen LogP contribution is 2.24. The Morgan fingerprint density at radius 1 is 0.494 bits per heavy atom. The number of carbonyl (C=O) groups is 10. The predicted molar refractivity (Wildman–Crippen MR) is 329 cm³/mol. The Bertz CT molecular complexity index is 2210. The molecule has 0 rings (SSSR count). The summed E-state index contributed by atoms with van der Waals surface area (Å²) in [5, 5.41) is 32.1. The molecule has 0 heterocycles. The van der Waals surface area contributed by atoms with Gasteiger partial charge in [-0.2, -0.15) is 0 Å².